The molecule has 4 rings (SSSR count). The Labute approximate surface area is 167 Å². The summed E-state index contributed by atoms with van der Waals surface area (Å²) in [4.78, 5) is 21.1. The summed E-state index contributed by atoms with van der Waals surface area (Å²) < 4.78 is 5.79. The summed E-state index contributed by atoms with van der Waals surface area (Å²) in [5.74, 6) is 0.797. The standard InChI is InChI=1S/C23H18N2O2S/c26-22(23-25-21(16-28-23)19-7-4-12-24-14-19)13-17-8-10-20(11-9-17)27-15-18-5-2-1-3-6-18/h1-12,14,16H,13,15H2. The van der Waals surface area contributed by atoms with Gasteiger partial charge in [0.25, 0.3) is 0 Å². The van der Waals surface area contributed by atoms with Crippen LogP contribution < -0.4 is 4.74 Å². The molecule has 4 aromatic rings. The molecule has 0 saturated heterocycles. The highest BCUT2D eigenvalue weighted by Gasteiger charge is 2.13. The van der Waals surface area contributed by atoms with Gasteiger partial charge in [0.05, 0.1) is 5.69 Å². The first-order valence-corrected chi connectivity index (χ1v) is 9.81. The van der Waals surface area contributed by atoms with Crippen molar-refractivity contribution in [3.63, 3.8) is 0 Å². The number of aromatic nitrogens is 2. The zero-order valence-electron chi connectivity index (χ0n) is 15.1. The fourth-order valence-electron chi connectivity index (χ4n) is 2.75. The maximum atomic E-state index is 12.6. The number of pyridine rings is 1. The Kier molecular flexibility index (Phi) is 5.54. The molecular weight excluding hydrogens is 368 g/mol. The normalized spacial score (nSPS) is 10.6. The molecule has 2 aromatic heterocycles. The number of carbonyl (C=O) groups is 1. The largest absolute Gasteiger partial charge is 0.489 e. The number of ketones is 1. The van der Waals surface area contributed by atoms with Crippen LogP contribution in [-0.2, 0) is 13.0 Å². The second-order valence-corrected chi connectivity index (χ2v) is 7.16. The molecule has 0 amide bonds. The summed E-state index contributed by atoms with van der Waals surface area (Å²) in [5, 5.41) is 2.41. The monoisotopic (exact) mass is 386 g/mol. The van der Waals surface area contributed by atoms with E-state index < -0.39 is 0 Å². The van der Waals surface area contributed by atoms with Crippen molar-refractivity contribution in [3.05, 3.63) is 101 Å². The van der Waals surface area contributed by atoms with E-state index in [2.05, 4.69) is 9.97 Å². The maximum absolute atomic E-state index is 12.6. The Morgan fingerprint density at radius 3 is 2.50 bits per heavy atom. The molecule has 0 radical (unpaired) electrons. The highest BCUT2D eigenvalue weighted by atomic mass is 32.1. The second kappa shape index (κ2) is 8.59. The highest BCUT2D eigenvalue weighted by Crippen LogP contribution is 2.22. The summed E-state index contributed by atoms with van der Waals surface area (Å²) in [6.07, 6.45) is 3.78. The predicted molar refractivity (Wildman–Crippen MR) is 111 cm³/mol. The predicted octanol–water partition coefficient (Wildman–Crippen LogP) is 5.21. The number of hydrogen-bond acceptors (Lipinski definition) is 5. The van der Waals surface area contributed by atoms with Gasteiger partial charge in [-0.25, -0.2) is 4.98 Å². The van der Waals surface area contributed by atoms with E-state index in [0.717, 1.165) is 28.1 Å². The smallest absolute Gasteiger partial charge is 0.195 e. The Morgan fingerprint density at radius 1 is 0.929 bits per heavy atom. The van der Waals surface area contributed by atoms with Gasteiger partial charge in [-0.15, -0.1) is 11.3 Å². The van der Waals surface area contributed by atoms with Gasteiger partial charge in [0.1, 0.15) is 12.4 Å². The summed E-state index contributed by atoms with van der Waals surface area (Å²) in [6, 6.07) is 21.5. The number of ether oxygens (including phenoxy) is 1. The minimum atomic E-state index is 0.0121. The quantitative estimate of drug-likeness (QED) is 0.409. The first-order chi connectivity index (χ1) is 13.8. The van der Waals surface area contributed by atoms with Crippen molar-refractivity contribution < 1.29 is 9.53 Å². The van der Waals surface area contributed by atoms with Crippen molar-refractivity contribution in [3.8, 4) is 17.0 Å². The van der Waals surface area contributed by atoms with E-state index in [9.17, 15) is 4.79 Å². The minimum Gasteiger partial charge on any atom is -0.489 e. The molecule has 0 aliphatic heterocycles. The molecule has 138 valence electrons. The van der Waals surface area contributed by atoms with Gasteiger partial charge in [-0.2, -0.15) is 0 Å². The van der Waals surface area contributed by atoms with Crippen LogP contribution in [0.1, 0.15) is 20.9 Å². The number of nitrogens with zero attached hydrogens (tertiary/aromatic N) is 2. The van der Waals surface area contributed by atoms with Gasteiger partial charge in [0.15, 0.2) is 10.8 Å². The third kappa shape index (κ3) is 4.50. The van der Waals surface area contributed by atoms with Crippen LogP contribution in [0.4, 0.5) is 0 Å². The molecule has 4 nitrogen and oxygen atoms in total. The fourth-order valence-corrected chi connectivity index (χ4v) is 3.52. The average molecular weight is 386 g/mol. The van der Waals surface area contributed by atoms with Crippen molar-refractivity contribution in [1.29, 1.82) is 0 Å². The first-order valence-electron chi connectivity index (χ1n) is 8.93. The maximum Gasteiger partial charge on any atom is 0.195 e. The third-order valence-electron chi connectivity index (χ3n) is 4.24. The Hall–Kier alpha value is -3.31. The second-order valence-electron chi connectivity index (χ2n) is 6.30. The highest BCUT2D eigenvalue weighted by molar-refractivity contribution is 7.12. The molecule has 0 spiro atoms. The molecular formula is C23H18N2O2S. The lowest BCUT2D eigenvalue weighted by atomic mass is 10.1. The topological polar surface area (TPSA) is 52.1 Å². The molecule has 0 unspecified atom stereocenters. The Balaban J connectivity index is 1.36. The number of hydrogen-bond donors (Lipinski definition) is 0. The summed E-state index contributed by atoms with van der Waals surface area (Å²) >= 11 is 1.37. The van der Waals surface area contributed by atoms with Gasteiger partial charge in [-0.05, 0) is 35.4 Å². The Bertz CT molecular complexity index is 1040. The number of carbonyl (C=O) groups excluding carboxylic acids is 1. The minimum absolute atomic E-state index is 0.0121. The molecule has 0 N–H and O–H groups in total. The molecule has 0 aliphatic rings. The number of benzene rings is 2. The first kappa shape index (κ1) is 18.1. The molecule has 5 heteroatoms. The average Bonchev–Trinajstić information content (AvgIpc) is 3.25. The summed E-state index contributed by atoms with van der Waals surface area (Å²) in [7, 11) is 0. The molecule has 0 atom stereocenters. The van der Waals surface area contributed by atoms with Crippen molar-refractivity contribution in [2.45, 2.75) is 13.0 Å². The van der Waals surface area contributed by atoms with Gasteiger partial charge in [-0.3, -0.25) is 9.78 Å². The van der Waals surface area contributed by atoms with E-state index in [0.29, 0.717) is 18.0 Å². The van der Waals surface area contributed by atoms with E-state index >= 15 is 0 Å². The van der Waals surface area contributed by atoms with Crippen LogP contribution in [0.2, 0.25) is 0 Å². The van der Waals surface area contributed by atoms with Crippen LogP contribution >= 0.6 is 11.3 Å². The zero-order chi connectivity index (χ0) is 19.2. The fraction of sp³-hybridized carbons (Fsp3) is 0.0870. The van der Waals surface area contributed by atoms with E-state index in [-0.39, 0.29) is 5.78 Å². The van der Waals surface area contributed by atoms with Crippen LogP contribution in [0, 0.1) is 0 Å². The van der Waals surface area contributed by atoms with Gasteiger partial charge in [0.2, 0.25) is 0 Å². The van der Waals surface area contributed by atoms with E-state index in [4.69, 9.17) is 4.74 Å². The van der Waals surface area contributed by atoms with Crippen molar-refractivity contribution in [2.75, 3.05) is 0 Å². The van der Waals surface area contributed by atoms with E-state index in [1.165, 1.54) is 11.3 Å². The molecule has 0 fully saturated rings. The SMILES string of the molecule is O=C(Cc1ccc(OCc2ccccc2)cc1)c1nc(-c2cccnc2)cs1. The van der Waals surface area contributed by atoms with Crippen LogP contribution in [0.3, 0.4) is 0 Å². The van der Waals surface area contributed by atoms with Crippen LogP contribution in [0.25, 0.3) is 11.3 Å². The molecule has 0 aliphatic carbocycles. The number of Topliss-reactive ketones (excluding diaryl/α,β-unsaturated/α-hetero) is 1. The van der Waals surface area contributed by atoms with E-state index in [1.54, 1.807) is 12.4 Å². The van der Waals surface area contributed by atoms with Crippen LogP contribution in [0.5, 0.6) is 5.75 Å². The van der Waals surface area contributed by atoms with Gasteiger partial charge >= 0.3 is 0 Å². The van der Waals surface area contributed by atoms with Crippen molar-refractivity contribution in [2.24, 2.45) is 0 Å². The zero-order valence-corrected chi connectivity index (χ0v) is 15.9. The van der Waals surface area contributed by atoms with Crippen molar-refractivity contribution >= 4 is 17.1 Å². The molecule has 0 bridgehead atoms. The number of thiazole rings is 1. The van der Waals surface area contributed by atoms with Crippen molar-refractivity contribution in [1.82, 2.24) is 9.97 Å². The third-order valence-corrected chi connectivity index (χ3v) is 5.12. The van der Waals surface area contributed by atoms with Gasteiger partial charge in [0, 0.05) is 29.8 Å². The lowest BCUT2D eigenvalue weighted by Crippen LogP contribution is -2.03. The lowest BCUT2D eigenvalue weighted by molar-refractivity contribution is 0.0992. The molecule has 2 aromatic carbocycles. The van der Waals surface area contributed by atoms with E-state index in [1.807, 2.05) is 72.1 Å². The molecule has 0 saturated carbocycles. The van der Waals surface area contributed by atoms with Crippen LogP contribution in [-0.4, -0.2) is 15.8 Å². The van der Waals surface area contributed by atoms with Gasteiger partial charge in [-0.1, -0.05) is 42.5 Å². The summed E-state index contributed by atoms with van der Waals surface area (Å²) in [5.41, 5.74) is 3.76. The van der Waals surface area contributed by atoms with Gasteiger partial charge < -0.3 is 4.74 Å². The summed E-state index contributed by atoms with van der Waals surface area (Å²) in [6.45, 7) is 0.523. The van der Waals surface area contributed by atoms with Crippen LogP contribution in [0.15, 0.2) is 84.5 Å². The molecule has 2 heterocycles. The number of rotatable bonds is 7. The Morgan fingerprint density at radius 2 is 1.75 bits per heavy atom. The molecule has 28 heavy (non-hydrogen) atoms. The lowest BCUT2D eigenvalue weighted by Gasteiger charge is -2.07.